The lowest BCUT2D eigenvalue weighted by Gasteiger charge is -2.09. The van der Waals surface area contributed by atoms with E-state index in [0.717, 1.165) is 0 Å². The molecule has 0 aromatic heterocycles. The first-order valence-electron chi connectivity index (χ1n) is 5.35. The molecule has 0 aliphatic carbocycles. The lowest BCUT2D eigenvalue weighted by atomic mass is 10.1. The number of ether oxygens (including phenoxy) is 3. The zero-order chi connectivity index (χ0) is 14.3. The van der Waals surface area contributed by atoms with Gasteiger partial charge >= 0.3 is 5.97 Å². The number of hydrogen-bond donors (Lipinski definition) is 1. The predicted octanol–water partition coefficient (Wildman–Crippen LogP) is 1.60. The lowest BCUT2D eigenvalue weighted by molar-refractivity contribution is -0.136. The molecule has 0 aliphatic rings. The molecule has 1 aromatic rings. The van der Waals surface area contributed by atoms with Crippen LogP contribution in [0.3, 0.4) is 0 Å². The second-order valence-electron chi connectivity index (χ2n) is 3.42. The molecule has 0 heterocycles. The van der Waals surface area contributed by atoms with E-state index in [4.69, 9.17) is 15.9 Å². The van der Waals surface area contributed by atoms with E-state index in [1.807, 2.05) is 0 Å². The van der Waals surface area contributed by atoms with Gasteiger partial charge in [-0.25, -0.2) is 4.79 Å². The smallest absolute Gasteiger partial charge is 0.331 e. The fraction of sp³-hybridized carbons (Fsp3) is 0.214. The highest BCUT2D eigenvalue weighted by Gasteiger charge is 2.10. The number of hydrogen-bond acceptors (Lipinski definition) is 5. The van der Waals surface area contributed by atoms with E-state index >= 15 is 0 Å². The lowest BCUT2D eigenvalue weighted by Crippen LogP contribution is -1.99. The van der Waals surface area contributed by atoms with Crippen molar-refractivity contribution < 1.29 is 24.1 Å². The Hall–Kier alpha value is -2.61. The monoisotopic (exact) mass is 262 g/mol. The molecule has 1 N–H and O–H groups in total. The Morgan fingerprint density at radius 1 is 1.37 bits per heavy atom. The number of terminal acetylenes is 1. The standard InChI is InChI=1S/C14H14O5/c1-4-7-19-13(15)6-5-10-8-11(17-2)14(16)12(9-10)18-3/h1,5-6,8-9,16H,7H2,2-3H3/b6-5+. The maximum Gasteiger partial charge on any atom is 0.331 e. The van der Waals surface area contributed by atoms with Crippen LogP contribution in [0.15, 0.2) is 18.2 Å². The zero-order valence-electron chi connectivity index (χ0n) is 10.7. The molecule has 1 rings (SSSR count). The first-order chi connectivity index (χ1) is 9.12. The zero-order valence-corrected chi connectivity index (χ0v) is 10.7. The van der Waals surface area contributed by atoms with Gasteiger partial charge in [0.15, 0.2) is 18.1 Å². The van der Waals surface area contributed by atoms with Crippen LogP contribution in [0.25, 0.3) is 6.08 Å². The van der Waals surface area contributed by atoms with Crippen molar-refractivity contribution in [2.75, 3.05) is 20.8 Å². The van der Waals surface area contributed by atoms with E-state index in [0.29, 0.717) is 5.56 Å². The Labute approximate surface area is 111 Å². The van der Waals surface area contributed by atoms with Gasteiger partial charge in [0.2, 0.25) is 5.75 Å². The number of carbonyl (C=O) groups is 1. The Morgan fingerprint density at radius 2 is 1.95 bits per heavy atom. The van der Waals surface area contributed by atoms with Crippen molar-refractivity contribution in [1.29, 1.82) is 0 Å². The third-order valence-electron chi connectivity index (χ3n) is 2.21. The number of aromatic hydroxyl groups is 1. The van der Waals surface area contributed by atoms with E-state index in [2.05, 4.69) is 10.7 Å². The first kappa shape index (κ1) is 14.5. The van der Waals surface area contributed by atoms with E-state index in [1.54, 1.807) is 12.1 Å². The van der Waals surface area contributed by atoms with Gasteiger partial charge in [0, 0.05) is 6.08 Å². The molecule has 0 unspecified atom stereocenters. The molecule has 19 heavy (non-hydrogen) atoms. The summed E-state index contributed by atoms with van der Waals surface area (Å²) in [6, 6.07) is 3.12. The molecule has 0 bridgehead atoms. The van der Waals surface area contributed by atoms with Crippen molar-refractivity contribution in [2.24, 2.45) is 0 Å². The van der Waals surface area contributed by atoms with Crippen LogP contribution in [-0.2, 0) is 9.53 Å². The quantitative estimate of drug-likeness (QED) is 0.496. The normalized spacial score (nSPS) is 9.95. The SMILES string of the molecule is C#CCOC(=O)/C=C/c1cc(OC)c(O)c(OC)c1. The van der Waals surface area contributed by atoms with E-state index in [-0.39, 0.29) is 23.9 Å². The summed E-state index contributed by atoms with van der Waals surface area (Å²) < 4.78 is 14.7. The van der Waals surface area contributed by atoms with Crippen LogP contribution in [0.1, 0.15) is 5.56 Å². The fourth-order valence-electron chi connectivity index (χ4n) is 1.34. The molecule has 5 heteroatoms. The Morgan fingerprint density at radius 3 is 2.42 bits per heavy atom. The maximum atomic E-state index is 11.2. The minimum Gasteiger partial charge on any atom is -0.502 e. The molecule has 0 saturated carbocycles. The Balaban J connectivity index is 2.93. The molecule has 0 amide bonds. The van der Waals surface area contributed by atoms with Crippen LogP contribution < -0.4 is 9.47 Å². The van der Waals surface area contributed by atoms with Gasteiger partial charge in [-0.3, -0.25) is 0 Å². The van der Waals surface area contributed by atoms with Crippen LogP contribution in [0.2, 0.25) is 0 Å². The summed E-state index contributed by atoms with van der Waals surface area (Å²) in [5.41, 5.74) is 0.615. The van der Waals surface area contributed by atoms with Gasteiger partial charge in [0.05, 0.1) is 14.2 Å². The largest absolute Gasteiger partial charge is 0.502 e. The summed E-state index contributed by atoms with van der Waals surface area (Å²) in [6.45, 7) is -0.0780. The summed E-state index contributed by atoms with van der Waals surface area (Å²) in [4.78, 5) is 11.2. The Bertz CT molecular complexity index is 500. The molecule has 100 valence electrons. The number of methoxy groups -OCH3 is 2. The van der Waals surface area contributed by atoms with E-state index in [9.17, 15) is 9.90 Å². The molecular formula is C14H14O5. The number of benzene rings is 1. The maximum absolute atomic E-state index is 11.2. The van der Waals surface area contributed by atoms with Gasteiger partial charge in [0.25, 0.3) is 0 Å². The number of esters is 1. The molecule has 0 saturated heterocycles. The highest BCUT2D eigenvalue weighted by atomic mass is 16.5. The number of phenolic OH excluding ortho intramolecular Hbond substituents is 1. The Kier molecular flexibility index (Phi) is 5.30. The highest BCUT2D eigenvalue weighted by molar-refractivity contribution is 5.87. The summed E-state index contributed by atoms with van der Waals surface area (Å²) in [5, 5.41) is 9.72. The minimum atomic E-state index is -0.552. The van der Waals surface area contributed by atoms with Gasteiger partial charge in [-0.1, -0.05) is 5.92 Å². The van der Waals surface area contributed by atoms with Crippen molar-refractivity contribution in [3.8, 4) is 29.6 Å². The number of rotatable bonds is 5. The summed E-state index contributed by atoms with van der Waals surface area (Å²) >= 11 is 0. The number of carbonyl (C=O) groups excluding carboxylic acids is 1. The second kappa shape index (κ2) is 6.97. The molecule has 0 fully saturated rings. The summed E-state index contributed by atoms with van der Waals surface area (Å²) in [7, 11) is 2.84. The first-order valence-corrected chi connectivity index (χ1v) is 5.35. The van der Waals surface area contributed by atoms with Crippen LogP contribution in [0.5, 0.6) is 17.2 Å². The molecule has 5 nitrogen and oxygen atoms in total. The van der Waals surface area contributed by atoms with Gasteiger partial charge < -0.3 is 19.3 Å². The van der Waals surface area contributed by atoms with E-state index in [1.165, 1.54) is 26.4 Å². The molecule has 0 aliphatic heterocycles. The van der Waals surface area contributed by atoms with Gasteiger partial charge in [0.1, 0.15) is 0 Å². The van der Waals surface area contributed by atoms with Crippen molar-refractivity contribution in [3.63, 3.8) is 0 Å². The van der Waals surface area contributed by atoms with Crippen molar-refractivity contribution >= 4 is 12.0 Å². The third-order valence-corrected chi connectivity index (χ3v) is 2.21. The van der Waals surface area contributed by atoms with Crippen molar-refractivity contribution in [1.82, 2.24) is 0 Å². The van der Waals surface area contributed by atoms with Crippen LogP contribution >= 0.6 is 0 Å². The molecule has 0 radical (unpaired) electrons. The van der Waals surface area contributed by atoms with Crippen molar-refractivity contribution in [2.45, 2.75) is 0 Å². The van der Waals surface area contributed by atoms with Crippen LogP contribution in [-0.4, -0.2) is 31.9 Å². The van der Waals surface area contributed by atoms with Gasteiger partial charge in [-0.05, 0) is 23.8 Å². The van der Waals surface area contributed by atoms with Crippen LogP contribution in [0.4, 0.5) is 0 Å². The average molecular weight is 262 g/mol. The topological polar surface area (TPSA) is 65.0 Å². The van der Waals surface area contributed by atoms with E-state index < -0.39 is 5.97 Å². The molecule has 0 spiro atoms. The summed E-state index contributed by atoms with van der Waals surface area (Å²) in [5.74, 6) is 2.03. The third kappa shape index (κ3) is 3.96. The molecular weight excluding hydrogens is 248 g/mol. The summed E-state index contributed by atoms with van der Waals surface area (Å²) in [6.07, 6.45) is 7.69. The van der Waals surface area contributed by atoms with Crippen molar-refractivity contribution in [3.05, 3.63) is 23.8 Å². The number of phenols is 1. The molecule has 1 aromatic carbocycles. The average Bonchev–Trinajstić information content (AvgIpc) is 2.43. The fourth-order valence-corrected chi connectivity index (χ4v) is 1.34. The molecule has 0 atom stereocenters. The highest BCUT2D eigenvalue weighted by Crippen LogP contribution is 2.37. The van der Waals surface area contributed by atoms with Gasteiger partial charge in [-0.2, -0.15) is 0 Å². The van der Waals surface area contributed by atoms with Crippen LogP contribution in [0, 0.1) is 12.3 Å². The predicted molar refractivity (Wildman–Crippen MR) is 70.0 cm³/mol. The van der Waals surface area contributed by atoms with Gasteiger partial charge in [-0.15, -0.1) is 6.42 Å². The second-order valence-corrected chi connectivity index (χ2v) is 3.42. The minimum absolute atomic E-state index is 0.0780.